The van der Waals surface area contributed by atoms with Crippen LogP contribution in [0.1, 0.15) is 65.7 Å². The average Bonchev–Trinajstić information content (AvgIpc) is 3.02. The number of ether oxygens (including phenoxy) is 3. The predicted molar refractivity (Wildman–Crippen MR) is 196 cm³/mol. The number of unbranched alkanes of at least 4 members (excludes halogenated alkanes) is 1. The van der Waals surface area contributed by atoms with Gasteiger partial charge in [0.15, 0.2) is 0 Å². The lowest BCUT2D eigenvalue weighted by Crippen LogP contribution is -2.44. The van der Waals surface area contributed by atoms with Crippen molar-refractivity contribution in [2.75, 3.05) is 105 Å². The van der Waals surface area contributed by atoms with Crippen molar-refractivity contribution in [2.45, 2.75) is 96.1 Å². The van der Waals surface area contributed by atoms with Gasteiger partial charge in [-0.05, 0) is 38.1 Å². The molecule has 302 valence electrons. The van der Waals surface area contributed by atoms with E-state index in [-0.39, 0.29) is 64.4 Å². The third-order valence-corrected chi connectivity index (χ3v) is 10.1. The number of aliphatic hydroxyl groups excluding tert-OH is 3. The van der Waals surface area contributed by atoms with E-state index >= 15 is 0 Å². The first-order chi connectivity index (χ1) is 23.7. The van der Waals surface area contributed by atoms with Crippen molar-refractivity contribution < 1.29 is 58.3 Å². The SMILES string of the molecule is CCCCC(CC)COCC(O)CN(CCC)CCNCCNCCN(CC(O)COCCC[Si](O)(O)O)CC(O)COCCC[Si](O)(O)O. The van der Waals surface area contributed by atoms with Crippen LogP contribution in [-0.4, -0.2) is 195 Å². The zero-order valence-corrected chi connectivity index (χ0v) is 33.1. The number of hydrogen-bond donors (Lipinski definition) is 11. The minimum atomic E-state index is -4.11. The molecule has 11 N–H and O–H groups in total. The summed E-state index contributed by atoms with van der Waals surface area (Å²) >= 11 is 0. The van der Waals surface area contributed by atoms with Gasteiger partial charge < -0.3 is 68.9 Å². The van der Waals surface area contributed by atoms with Gasteiger partial charge in [-0.25, -0.2) is 0 Å². The summed E-state index contributed by atoms with van der Waals surface area (Å²) in [5, 5.41) is 38.4. The summed E-state index contributed by atoms with van der Waals surface area (Å²) in [6.07, 6.45) is 3.92. The van der Waals surface area contributed by atoms with Gasteiger partial charge in [-0.2, -0.15) is 0 Å². The topological polar surface area (TPSA) is 240 Å². The van der Waals surface area contributed by atoms with Crippen molar-refractivity contribution in [1.29, 1.82) is 0 Å². The number of nitrogens with one attached hydrogen (secondary N) is 2. The smallest absolute Gasteiger partial charge is 0.390 e. The van der Waals surface area contributed by atoms with E-state index in [0.29, 0.717) is 45.3 Å². The van der Waals surface area contributed by atoms with Crippen molar-refractivity contribution in [3.63, 3.8) is 0 Å². The molecule has 0 aliphatic rings. The molecule has 0 bridgehead atoms. The molecule has 0 amide bonds. The lowest BCUT2D eigenvalue weighted by atomic mass is 10.0. The van der Waals surface area contributed by atoms with Gasteiger partial charge in [0.25, 0.3) is 0 Å². The molecule has 0 radical (unpaired) electrons. The predicted octanol–water partition coefficient (Wildman–Crippen LogP) is -1.86. The Labute approximate surface area is 303 Å². The summed E-state index contributed by atoms with van der Waals surface area (Å²) in [6, 6.07) is -0.289. The highest BCUT2D eigenvalue weighted by Crippen LogP contribution is 2.13. The van der Waals surface area contributed by atoms with E-state index in [4.69, 9.17) is 43.0 Å². The van der Waals surface area contributed by atoms with Gasteiger partial charge in [0, 0.05) is 90.8 Å². The Hall–Kier alpha value is -0.206. The van der Waals surface area contributed by atoms with Crippen molar-refractivity contribution in [2.24, 2.45) is 5.92 Å². The van der Waals surface area contributed by atoms with E-state index in [1.165, 1.54) is 19.3 Å². The first kappa shape index (κ1) is 49.8. The Morgan fingerprint density at radius 2 is 1.00 bits per heavy atom. The molecule has 0 aliphatic carbocycles. The summed E-state index contributed by atoms with van der Waals surface area (Å²) in [7, 11) is -8.23. The van der Waals surface area contributed by atoms with Crippen LogP contribution in [0.15, 0.2) is 0 Å². The fourth-order valence-corrected chi connectivity index (χ4v) is 6.59. The minimum absolute atomic E-state index is 0.00384. The first-order valence-electron chi connectivity index (χ1n) is 18.7. The molecule has 4 atom stereocenters. The highest BCUT2D eigenvalue weighted by molar-refractivity contribution is 6.56. The van der Waals surface area contributed by atoms with E-state index in [2.05, 4.69) is 36.3 Å². The molecule has 50 heavy (non-hydrogen) atoms. The third-order valence-electron chi connectivity index (χ3n) is 8.06. The minimum Gasteiger partial charge on any atom is -0.390 e. The van der Waals surface area contributed by atoms with Crippen molar-refractivity contribution in [3.8, 4) is 0 Å². The fraction of sp³-hybridized carbons (Fsp3) is 1.00. The van der Waals surface area contributed by atoms with Gasteiger partial charge in [0.1, 0.15) is 0 Å². The Morgan fingerprint density at radius 1 is 0.540 bits per heavy atom. The van der Waals surface area contributed by atoms with Crippen LogP contribution in [0.5, 0.6) is 0 Å². The maximum atomic E-state index is 10.5. The molecule has 0 fully saturated rings. The van der Waals surface area contributed by atoms with Crippen LogP contribution >= 0.6 is 0 Å². The molecule has 18 heteroatoms. The van der Waals surface area contributed by atoms with Gasteiger partial charge in [-0.3, -0.25) is 9.80 Å². The molecule has 0 aliphatic heterocycles. The third kappa shape index (κ3) is 33.6. The second kappa shape index (κ2) is 31.2. The molecule has 0 rings (SSSR count). The highest BCUT2D eigenvalue weighted by atomic mass is 28.4. The number of nitrogens with zero attached hydrogens (tertiary/aromatic N) is 2. The van der Waals surface area contributed by atoms with E-state index in [1.54, 1.807) is 0 Å². The maximum Gasteiger partial charge on any atom is 0.492 e. The maximum absolute atomic E-state index is 10.5. The summed E-state index contributed by atoms with van der Waals surface area (Å²) in [6.45, 7) is 14.0. The summed E-state index contributed by atoms with van der Waals surface area (Å²) in [4.78, 5) is 58.7. The molecule has 0 aromatic rings. The lowest BCUT2D eigenvalue weighted by molar-refractivity contribution is -0.0100. The number of hydrogen-bond acceptors (Lipinski definition) is 16. The summed E-state index contributed by atoms with van der Waals surface area (Å²) in [5.74, 6) is 0.555. The standard InChI is InChI=1S/C32H74N4O12Si2/c1-4-7-10-29(6-3)25-48-28-30(37)22-35(15-5-2)16-13-33-11-12-34-14-17-36(23-31(38)26-46-18-8-20-49(40,41)42)24-32(39)27-47-19-9-21-50(43,44)45/h29-34,37-45H,4-28H2,1-3H3. The van der Waals surface area contributed by atoms with Gasteiger partial charge >= 0.3 is 17.6 Å². The average molecular weight is 763 g/mol. The Balaban J connectivity index is 4.50. The van der Waals surface area contributed by atoms with Gasteiger partial charge in [0.05, 0.1) is 38.1 Å². The Bertz CT molecular complexity index is 727. The van der Waals surface area contributed by atoms with Gasteiger partial charge in [-0.1, -0.05) is 40.0 Å². The first-order valence-corrected chi connectivity index (χ1v) is 22.8. The van der Waals surface area contributed by atoms with Crippen LogP contribution in [0.4, 0.5) is 0 Å². The number of aliphatic hydroxyl groups is 3. The summed E-state index contributed by atoms with van der Waals surface area (Å²) in [5.41, 5.74) is 0. The Kier molecular flexibility index (Phi) is 31.0. The molecule has 0 aromatic heterocycles. The molecular weight excluding hydrogens is 689 g/mol. The molecule has 0 spiro atoms. The molecule has 16 nitrogen and oxygen atoms in total. The van der Waals surface area contributed by atoms with Crippen LogP contribution in [0, 0.1) is 5.92 Å². The van der Waals surface area contributed by atoms with E-state index < -0.39 is 35.9 Å². The molecule has 0 aromatic carbocycles. The highest BCUT2D eigenvalue weighted by Gasteiger charge is 2.26. The van der Waals surface area contributed by atoms with Crippen molar-refractivity contribution >= 4 is 17.6 Å². The largest absolute Gasteiger partial charge is 0.492 e. The van der Waals surface area contributed by atoms with Gasteiger partial charge in [0.2, 0.25) is 0 Å². The summed E-state index contributed by atoms with van der Waals surface area (Å²) < 4.78 is 16.7. The molecule has 0 saturated heterocycles. The van der Waals surface area contributed by atoms with E-state index in [0.717, 1.165) is 39.0 Å². The van der Waals surface area contributed by atoms with Crippen molar-refractivity contribution in [1.82, 2.24) is 20.4 Å². The zero-order valence-electron chi connectivity index (χ0n) is 31.1. The van der Waals surface area contributed by atoms with Gasteiger partial charge in [-0.15, -0.1) is 0 Å². The lowest BCUT2D eigenvalue weighted by Gasteiger charge is -2.27. The number of rotatable bonds is 37. The van der Waals surface area contributed by atoms with E-state index in [9.17, 15) is 15.3 Å². The molecule has 0 saturated carbocycles. The fourth-order valence-electron chi connectivity index (χ4n) is 5.35. The monoisotopic (exact) mass is 762 g/mol. The van der Waals surface area contributed by atoms with Crippen LogP contribution in [0.2, 0.25) is 12.1 Å². The Morgan fingerprint density at radius 3 is 1.44 bits per heavy atom. The molecular formula is C32H74N4O12Si2. The van der Waals surface area contributed by atoms with Crippen molar-refractivity contribution in [3.05, 3.63) is 0 Å². The molecule has 0 heterocycles. The van der Waals surface area contributed by atoms with Crippen LogP contribution in [0.25, 0.3) is 0 Å². The van der Waals surface area contributed by atoms with Crippen LogP contribution < -0.4 is 10.6 Å². The second-order valence-corrected chi connectivity index (χ2v) is 17.5. The second-order valence-electron chi connectivity index (χ2n) is 13.4. The van der Waals surface area contributed by atoms with Crippen LogP contribution in [-0.2, 0) is 14.2 Å². The normalized spacial score (nSPS) is 15.2. The zero-order chi connectivity index (χ0) is 37.7. The van der Waals surface area contributed by atoms with E-state index in [1.807, 2.05) is 4.90 Å². The van der Waals surface area contributed by atoms with Crippen LogP contribution in [0.3, 0.4) is 0 Å². The quantitative estimate of drug-likeness (QED) is 0.0246. The molecule has 4 unspecified atom stereocenters.